The second kappa shape index (κ2) is 8.90. The van der Waals surface area contributed by atoms with E-state index in [-0.39, 0.29) is 5.91 Å². The van der Waals surface area contributed by atoms with Gasteiger partial charge in [-0.25, -0.2) is 0 Å². The fraction of sp³-hybridized carbons (Fsp3) is 0.174. The third kappa shape index (κ3) is 5.35. The highest BCUT2D eigenvalue weighted by Crippen LogP contribution is 2.14. The Morgan fingerprint density at radius 2 is 1.48 bits per heavy atom. The summed E-state index contributed by atoms with van der Waals surface area (Å²) in [6.45, 7) is 0.982. The molecular formula is C23H24N2O2. The Hall–Kier alpha value is -3.27. The molecule has 0 atom stereocenters. The van der Waals surface area contributed by atoms with E-state index in [0.29, 0.717) is 18.7 Å². The number of carbonyl (C=O) groups excluding carboxylic acids is 1. The van der Waals surface area contributed by atoms with E-state index in [9.17, 15) is 4.79 Å². The van der Waals surface area contributed by atoms with Crippen LogP contribution < -0.4 is 15.0 Å². The molecule has 138 valence electrons. The van der Waals surface area contributed by atoms with Crippen molar-refractivity contribution in [3.8, 4) is 5.75 Å². The van der Waals surface area contributed by atoms with Crippen LogP contribution in [0.1, 0.15) is 21.5 Å². The molecule has 0 spiro atoms. The topological polar surface area (TPSA) is 41.6 Å². The van der Waals surface area contributed by atoms with Gasteiger partial charge >= 0.3 is 0 Å². The molecule has 0 fully saturated rings. The molecule has 0 aliphatic heterocycles. The lowest BCUT2D eigenvalue weighted by molar-refractivity contribution is 0.0951. The maximum absolute atomic E-state index is 12.3. The summed E-state index contributed by atoms with van der Waals surface area (Å²) in [5.74, 6) is 0.752. The summed E-state index contributed by atoms with van der Waals surface area (Å²) in [7, 11) is 4.01. The Labute approximate surface area is 160 Å². The number of hydrogen-bond acceptors (Lipinski definition) is 3. The van der Waals surface area contributed by atoms with Gasteiger partial charge in [0.05, 0.1) is 0 Å². The quantitative estimate of drug-likeness (QED) is 0.684. The normalized spacial score (nSPS) is 10.3. The third-order valence-electron chi connectivity index (χ3n) is 4.27. The van der Waals surface area contributed by atoms with Gasteiger partial charge in [0.2, 0.25) is 0 Å². The van der Waals surface area contributed by atoms with Gasteiger partial charge < -0.3 is 15.0 Å². The number of nitrogens with zero attached hydrogens (tertiary/aromatic N) is 1. The Morgan fingerprint density at radius 1 is 0.852 bits per heavy atom. The number of amides is 1. The first kappa shape index (κ1) is 18.5. The molecule has 0 saturated heterocycles. The van der Waals surface area contributed by atoms with Crippen molar-refractivity contribution in [1.82, 2.24) is 5.32 Å². The van der Waals surface area contributed by atoms with Crippen LogP contribution in [0.3, 0.4) is 0 Å². The lowest BCUT2D eigenvalue weighted by atomic mass is 10.1. The molecule has 0 heterocycles. The molecule has 27 heavy (non-hydrogen) atoms. The zero-order valence-electron chi connectivity index (χ0n) is 15.7. The van der Waals surface area contributed by atoms with Crippen molar-refractivity contribution < 1.29 is 9.53 Å². The summed E-state index contributed by atoms with van der Waals surface area (Å²) in [5, 5.41) is 2.96. The predicted octanol–water partition coefficient (Wildman–Crippen LogP) is 4.26. The molecule has 0 aliphatic carbocycles. The van der Waals surface area contributed by atoms with E-state index in [2.05, 4.69) is 5.32 Å². The summed E-state index contributed by atoms with van der Waals surface area (Å²) < 4.78 is 5.72. The number of nitrogens with one attached hydrogen (secondary N) is 1. The molecule has 4 heteroatoms. The summed E-state index contributed by atoms with van der Waals surface area (Å²) in [5.41, 5.74) is 3.87. The zero-order valence-corrected chi connectivity index (χ0v) is 15.7. The van der Waals surface area contributed by atoms with Crippen LogP contribution in [0.2, 0.25) is 0 Å². The van der Waals surface area contributed by atoms with Gasteiger partial charge in [0.1, 0.15) is 12.4 Å². The minimum Gasteiger partial charge on any atom is -0.489 e. The highest BCUT2D eigenvalue weighted by molar-refractivity contribution is 5.94. The number of anilines is 1. The fourth-order valence-electron chi connectivity index (χ4n) is 2.63. The van der Waals surface area contributed by atoms with Crippen molar-refractivity contribution in [2.24, 2.45) is 0 Å². The third-order valence-corrected chi connectivity index (χ3v) is 4.27. The smallest absolute Gasteiger partial charge is 0.251 e. The van der Waals surface area contributed by atoms with E-state index in [4.69, 9.17) is 4.74 Å². The number of hydrogen-bond donors (Lipinski definition) is 1. The molecule has 1 amide bonds. The van der Waals surface area contributed by atoms with E-state index in [1.165, 1.54) is 0 Å². The van der Waals surface area contributed by atoms with Crippen molar-refractivity contribution >= 4 is 11.6 Å². The summed E-state index contributed by atoms with van der Waals surface area (Å²) in [4.78, 5) is 14.4. The lowest BCUT2D eigenvalue weighted by Crippen LogP contribution is -2.22. The summed E-state index contributed by atoms with van der Waals surface area (Å²) in [6, 6.07) is 25.3. The Bertz CT molecular complexity index is 857. The predicted molar refractivity (Wildman–Crippen MR) is 109 cm³/mol. The molecule has 0 bridgehead atoms. The second-order valence-corrected chi connectivity index (χ2v) is 6.54. The highest BCUT2D eigenvalue weighted by Gasteiger charge is 2.06. The molecule has 4 nitrogen and oxygen atoms in total. The number of benzene rings is 3. The summed E-state index contributed by atoms with van der Waals surface area (Å²) >= 11 is 0. The van der Waals surface area contributed by atoms with Crippen LogP contribution in [-0.2, 0) is 13.2 Å². The minimum absolute atomic E-state index is 0.0813. The minimum atomic E-state index is -0.0813. The molecule has 0 unspecified atom stereocenters. The van der Waals surface area contributed by atoms with Crippen LogP contribution in [-0.4, -0.2) is 20.0 Å². The van der Waals surface area contributed by atoms with Gasteiger partial charge in [-0.05, 0) is 47.5 Å². The fourth-order valence-corrected chi connectivity index (χ4v) is 2.63. The van der Waals surface area contributed by atoms with Crippen molar-refractivity contribution in [3.05, 3.63) is 95.6 Å². The first-order chi connectivity index (χ1) is 13.1. The van der Waals surface area contributed by atoms with Crippen LogP contribution >= 0.6 is 0 Å². The van der Waals surface area contributed by atoms with E-state index < -0.39 is 0 Å². The van der Waals surface area contributed by atoms with Gasteiger partial charge in [0.15, 0.2) is 0 Å². The van der Waals surface area contributed by atoms with Gasteiger partial charge in [-0.3, -0.25) is 4.79 Å². The van der Waals surface area contributed by atoms with E-state index in [1.54, 1.807) is 0 Å². The number of para-hydroxylation sites is 1. The Balaban J connectivity index is 1.51. The second-order valence-electron chi connectivity index (χ2n) is 6.54. The lowest BCUT2D eigenvalue weighted by Gasteiger charge is -2.13. The molecule has 0 aliphatic rings. The van der Waals surface area contributed by atoms with Crippen molar-refractivity contribution in [2.45, 2.75) is 13.2 Å². The summed E-state index contributed by atoms with van der Waals surface area (Å²) in [6.07, 6.45) is 0. The molecule has 1 N–H and O–H groups in total. The molecule has 3 aromatic carbocycles. The molecule has 3 rings (SSSR count). The SMILES string of the molecule is CN(C)c1ccc(CNC(=O)c2ccc(COc3ccccc3)cc2)cc1. The maximum Gasteiger partial charge on any atom is 0.251 e. The highest BCUT2D eigenvalue weighted by atomic mass is 16.5. The van der Waals surface area contributed by atoms with Crippen molar-refractivity contribution in [2.75, 3.05) is 19.0 Å². The van der Waals surface area contributed by atoms with Gasteiger partial charge in [-0.1, -0.05) is 42.5 Å². The van der Waals surface area contributed by atoms with Crippen LogP contribution in [0, 0.1) is 0 Å². The molecular weight excluding hydrogens is 336 g/mol. The van der Waals surface area contributed by atoms with Gasteiger partial charge in [0.25, 0.3) is 5.91 Å². The van der Waals surface area contributed by atoms with Crippen molar-refractivity contribution in [1.29, 1.82) is 0 Å². The largest absolute Gasteiger partial charge is 0.489 e. The average Bonchev–Trinajstić information content (AvgIpc) is 2.72. The number of rotatable bonds is 7. The molecule has 0 saturated carbocycles. The molecule has 0 aromatic heterocycles. The van der Waals surface area contributed by atoms with E-state index in [1.807, 2.05) is 97.9 Å². The Kier molecular flexibility index (Phi) is 6.10. The van der Waals surface area contributed by atoms with Crippen molar-refractivity contribution in [3.63, 3.8) is 0 Å². The number of ether oxygens (including phenoxy) is 1. The van der Waals surface area contributed by atoms with Gasteiger partial charge in [-0.2, -0.15) is 0 Å². The van der Waals surface area contributed by atoms with Crippen LogP contribution in [0.4, 0.5) is 5.69 Å². The van der Waals surface area contributed by atoms with Crippen LogP contribution in [0.5, 0.6) is 5.75 Å². The maximum atomic E-state index is 12.3. The molecule has 3 aromatic rings. The standard InChI is InChI=1S/C23H24N2O2/c1-25(2)21-14-10-18(11-15-21)16-24-23(26)20-12-8-19(9-13-20)17-27-22-6-4-3-5-7-22/h3-15H,16-17H2,1-2H3,(H,24,26). The number of carbonyl (C=O) groups is 1. The van der Waals surface area contributed by atoms with Gasteiger partial charge in [0, 0.05) is 31.9 Å². The molecule has 0 radical (unpaired) electrons. The zero-order chi connectivity index (χ0) is 19.1. The monoisotopic (exact) mass is 360 g/mol. The Morgan fingerprint density at radius 3 is 2.11 bits per heavy atom. The average molecular weight is 360 g/mol. The van der Waals surface area contributed by atoms with E-state index >= 15 is 0 Å². The van der Waals surface area contributed by atoms with Gasteiger partial charge in [-0.15, -0.1) is 0 Å². The van der Waals surface area contributed by atoms with Crippen LogP contribution in [0.25, 0.3) is 0 Å². The van der Waals surface area contributed by atoms with Crippen LogP contribution in [0.15, 0.2) is 78.9 Å². The first-order valence-electron chi connectivity index (χ1n) is 8.93. The van der Waals surface area contributed by atoms with E-state index in [0.717, 1.165) is 22.6 Å². The first-order valence-corrected chi connectivity index (χ1v) is 8.93.